The third kappa shape index (κ3) is 4.88. The van der Waals surface area contributed by atoms with Gasteiger partial charge >= 0.3 is 12.1 Å². The molecule has 1 fully saturated rings. The van der Waals surface area contributed by atoms with Gasteiger partial charge in [0.15, 0.2) is 0 Å². The quantitative estimate of drug-likeness (QED) is 0.500. The van der Waals surface area contributed by atoms with Gasteiger partial charge in [-0.25, -0.2) is 9.18 Å². The van der Waals surface area contributed by atoms with Crippen molar-refractivity contribution in [1.82, 2.24) is 14.8 Å². The van der Waals surface area contributed by atoms with Crippen molar-refractivity contribution in [2.75, 3.05) is 33.3 Å². The lowest BCUT2D eigenvalue weighted by atomic mass is 9.98. The van der Waals surface area contributed by atoms with Crippen molar-refractivity contribution in [2.24, 2.45) is 0 Å². The molecule has 3 aromatic rings. The van der Waals surface area contributed by atoms with E-state index >= 15 is 0 Å². The van der Waals surface area contributed by atoms with Gasteiger partial charge in [0.2, 0.25) is 0 Å². The Bertz CT molecular complexity index is 1210. The molecule has 1 aliphatic heterocycles. The molecule has 2 heterocycles. The van der Waals surface area contributed by atoms with Crippen LogP contribution in [0.4, 0.5) is 17.6 Å². The molecule has 6 nitrogen and oxygen atoms in total. The average molecular weight is 479 g/mol. The fraction of sp³-hybridized carbons (Fsp3) is 0.375. The molecule has 1 aliphatic rings. The van der Waals surface area contributed by atoms with Gasteiger partial charge in [-0.1, -0.05) is 6.07 Å². The number of nitrogens with zero attached hydrogens (tertiary/aromatic N) is 2. The second-order valence-electron chi connectivity index (χ2n) is 8.52. The Morgan fingerprint density at radius 2 is 2.00 bits per heavy atom. The minimum Gasteiger partial charge on any atom is -0.496 e. The molecule has 4 rings (SSSR count). The number of alkyl halides is 3. The van der Waals surface area contributed by atoms with Crippen LogP contribution in [0, 0.1) is 12.7 Å². The van der Waals surface area contributed by atoms with Crippen molar-refractivity contribution in [3.63, 3.8) is 0 Å². The molecular weight excluding hydrogens is 454 g/mol. The predicted molar refractivity (Wildman–Crippen MR) is 119 cm³/mol. The number of aromatic carboxylic acids is 1. The van der Waals surface area contributed by atoms with Gasteiger partial charge in [-0.3, -0.25) is 9.80 Å². The topological polar surface area (TPSA) is 68.8 Å². The molecule has 1 atom stereocenters. The Morgan fingerprint density at radius 3 is 2.65 bits per heavy atom. The van der Waals surface area contributed by atoms with Crippen LogP contribution in [0.3, 0.4) is 0 Å². The highest BCUT2D eigenvalue weighted by Crippen LogP contribution is 2.35. The Labute approximate surface area is 193 Å². The summed E-state index contributed by atoms with van der Waals surface area (Å²) in [6, 6.07) is 7.00. The summed E-state index contributed by atoms with van der Waals surface area (Å²) >= 11 is 0. The molecule has 0 amide bonds. The fourth-order valence-electron chi connectivity index (χ4n) is 4.68. The zero-order valence-electron chi connectivity index (χ0n) is 18.7. The van der Waals surface area contributed by atoms with Crippen LogP contribution in [0.15, 0.2) is 36.5 Å². The van der Waals surface area contributed by atoms with Gasteiger partial charge in [0.25, 0.3) is 0 Å². The summed E-state index contributed by atoms with van der Waals surface area (Å²) in [5, 5.41) is 10.1. The second kappa shape index (κ2) is 9.27. The summed E-state index contributed by atoms with van der Waals surface area (Å²) in [6.45, 7) is 1.78. The largest absolute Gasteiger partial charge is 0.496 e. The lowest BCUT2D eigenvalue weighted by Gasteiger charge is -2.42. The molecule has 2 N–H and O–H groups in total. The van der Waals surface area contributed by atoms with Gasteiger partial charge < -0.3 is 14.8 Å². The molecule has 0 aliphatic carbocycles. The van der Waals surface area contributed by atoms with Crippen LogP contribution in [-0.2, 0) is 6.54 Å². The van der Waals surface area contributed by atoms with Crippen LogP contribution in [-0.4, -0.2) is 65.3 Å². The van der Waals surface area contributed by atoms with Gasteiger partial charge in [-0.2, -0.15) is 13.2 Å². The number of hydrogen-bond acceptors (Lipinski definition) is 4. The van der Waals surface area contributed by atoms with Crippen LogP contribution in [0.2, 0.25) is 0 Å². The minimum atomic E-state index is -4.36. The first-order valence-corrected chi connectivity index (χ1v) is 10.8. The maximum Gasteiger partial charge on any atom is 0.401 e. The number of carbonyl (C=O) groups is 1. The maximum atomic E-state index is 14.5. The number of aryl methyl sites for hydroxylation is 1. The standard InChI is InChI=1S/C24H25F4N3O3/c1-14-9-21(34-2)18(16-5-6-29-22(14)16)11-31-8-7-30(13-24(26,27)28)12-20(31)15-3-4-17(23(32)33)19(25)10-15/h3-6,9-10,20,29H,7-8,11-13H2,1-2H3,(H,32,33). The Morgan fingerprint density at radius 1 is 1.24 bits per heavy atom. The van der Waals surface area contributed by atoms with E-state index in [0.29, 0.717) is 24.4 Å². The SMILES string of the molecule is COc1cc(C)c2[nH]ccc2c1CN1CCN(CC(F)(F)F)CC1c1ccc(C(=O)O)c(F)c1. The first kappa shape index (κ1) is 24.0. The van der Waals surface area contributed by atoms with Gasteiger partial charge in [0.05, 0.1) is 19.2 Å². The van der Waals surface area contributed by atoms with Crippen LogP contribution >= 0.6 is 0 Å². The third-order valence-electron chi connectivity index (χ3n) is 6.28. The summed E-state index contributed by atoms with van der Waals surface area (Å²) in [5.41, 5.74) is 2.76. The van der Waals surface area contributed by atoms with Crippen molar-refractivity contribution < 1.29 is 32.2 Å². The predicted octanol–water partition coefficient (Wildman–Crippen LogP) is 4.74. The molecule has 1 unspecified atom stereocenters. The number of carboxylic acids is 1. The molecule has 10 heteroatoms. The average Bonchev–Trinajstić information content (AvgIpc) is 3.25. The van der Waals surface area contributed by atoms with Gasteiger partial charge in [0.1, 0.15) is 11.6 Å². The van der Waals surface area contributed by atoms with E-state index in [9.17, 15) is 22.4 Å². The fourth-order valence-corrected chi connectivity index (χ4v) is 4.68. The first-order chi connectivity index (χ1) is 16.1. The summed E-state index contributed by atoms with van der Waals surface area (Å²) in [6.07, 6.45) is -2.54. The molecule has 0 saturated carbocycles. The van der Waals surface area contributed by atoms with Crippen molar-refractivity contribution in [3.8, 4) is 5.75 Å². The van der Waals surface area contributed by atoms with Gasteiger partial charge in [-0.15, -0.1) is 0 Å². The monoisotopic (exact) mass is 479 g/mol. The van der Waals surface area contributed by atoms with Crippen molar-refractivity contribution in [1.29, 1.82) is 0 Å². The molecule has 0 bridgehead atoms. The van der Waals surface area contributed by atoms with Gasteiger partial charge in [-0.05, 0) is 42.3 Å². The number of fused-ring (bicyclic) bond motifs is 1. The normalized spacial score (nSPS) is 17.9. The molecule has 1 saturated heterocycles. The van der Waals surface area contributed by atoms with E-state index in [1.807, 2.05) is 30.2 Å². The van der Waals surface area contributed by atoms with Crippen molar-refractivity contribution in [3.05, 3.63) is 64.6 Å². The van der Waals surface area contributed by atoms with E-state index in [-0.39, 0.29) is 13.1 Å². The molecule has 34 heavy (non-hydrogen) atoms. The molecule has 182 valence electrons. The van der Waals surface area contributed by atoms with E-state index in [4.69, 9.17) is 9.84 Å². The van der Waals surface area contributed by atoms with Gasteiger partial charge in [0, 0.05) is 54.9 Å². The highest BCUT2D eigenvalue weighted by molar-refractivity contribution is 5.88. The first-order valence-electron chi connectivity index (χ1n) is 10.8. The van der Waals surface area contributed by atoms with Crippen LogP contribution in [0.1, 0.15) is 33.1 Å². The van der Waals surface area contributed by atoms with E-state index in [0.717, 1.165) is 34.2 Å². The number of carboxylic acid groups (broad SMARTS) is 1. The van der Waals surface area contributed by atoms with Crippen molar-refractivity contribution >= 4 is 16.9 Å². The molecule has 0 spiro atoms. The maximum absolute atomic E-state index is 14.5. The number of rotatable bonds is 6. The Balaban J connectivity index is 1.72. The summed E-state index contributed by atoms with van der Waals surface area (Å²) in [5.74, 6) is -1.66. The molecule has 1 aromatic heterocycles. The smallest absolute Gasteiger partial charge is 0.401 e. The summed E-state index contributed by atoms with van der Waals surface area (Å²) in [4.78, 5) is 17.7. The minimum absolute atomic E-state index is 0.0236. The zero-order chi connectivity index (χ0) is 24.6. The number of ether oxygens (including phenoxy) is 1. The number of H-pyrrole nitrogens is 1. The van der Waals surface area contributed by atoms with Crippen LogP contribution in [0.5, 0.6) is 5.75 Å². The van der Waals surface area contributed by atoms with E-state index in [2.05, 4.69) is 4.98 Å². The second-order valence-corrected chi connectivity index (χ2v) is 8.52. The highest BCUT2D eigenvalue weighted by Gasteiger charge is 2.36. The molecular formula is C24H25F4N3O3. The van der Waals surface area contributed by atoms with E-state index in [1.54, 1.807) is 7.11 Å². The lowest BCUT2D eigenvalue weighted by Crippen LogP contribution is -2.50. The number of nitrogens with one attached hydrogen (secondary N) is 1. The number of methoxy groups -OCH3 is 1. The Hall–Kier alpha value is -3.11. The molecule has 0 radical (unpaired) electrons. The number of benzene rings is 2. The lowest BCUT2D eigenvalue weighted by molar-refractivity contribution is -0.152. The number of piperazine rings is 1. The van der Waals surface area contributed by atoms with E-state index in [1.165, 1.54) is 11.0 Å². The molecule has 2 aromatic carbocycles. The van der Waals surface area contributed by atoms with Crippen LogP contribution < -0.4 is 4.74 Å². The number of aromatic nitrogens is 1. The number of aromatic amines is 1. The highest BCUT2D eigenvalue weighted by atomic mass is 19.4. The number of hydrogen-bond donors (Lipinski definition) is 2. The zero-order valence-corrected chi connectivity index (χ0v) is 18.7. The summed E-state index contributed by atoms with van der Waals surface area (Å²) in [7, 11) is 1.56. The van der Waals surface area contributed by atoms with Crippen molar-refractivity contribution in [2.45, 2.75) is 25.7 Å². The number of halogens is 4. The van der Waals surface area contributed by atoms with Crippen LogP contribution in [0.25, 0.3) is 10.9 Å². The Kier molecular flexibility index (Phi) is 6.55. The summed E-state index contributed by atoms with van der Waals surface area (Å²) < 4.78 is 59.4. The third-order valence-corrected chi connectivity index (χ3v) is 6.28. The van der Waals surface area contributed by atoms with E-state index < -0.39 is 36.1 Å².